The van der Waals surface area contributed by atoms with Gasteiger partial charge in [0.05, 0.1) is 0 Å². The van der Waals surface area contributed by atoms with Crippen LogP contribution in [0.1, 0.15) is 44.9 Å². The lowest BCUT2D eigenvalue weighted by Crippen LogP contribution is -2.50. The highest BCUT2D eigenvalue weighted by molar-refractivity contribution is 4.97. The molecular weight excluding hydrogens is 208 g/mol. The summed E-state index contributed by atoms with van der Waals surface area (Å²) in [6.45, 7) is 5.27. The van der Waals surface area contributed by atoms with E-state index in [1.54, 1.807) is 6.42 Å². The van der Waals surface area contributed by atoms with Crippen molar-refractivity contribution in [2.24, 2.45) is 17.3 Å². The zero-order valence-corrected chi connectivity index (χ0v) is 11.4. The molecule has 1 N–H and O–H groups in total. The van der Waals surface area contributed by atoms with Gasteiger partial charge in [-0.2, -0.15) is 0 Å². The van der Waals surface area contributed by atoms with Crippen LogP contribution in [-0.4, -0.2) is 38.1 Å². The quantitative estimate of drug-likeness (QED) is 0.752. The van der Waals surface area contributed by atoms with E-state index in [1.807, 2.05) is 0 Å². The maximum Gasteiger partial charge on any atom is 0.00351 e. The van der Waals surface area contributed by atoms with Gasteiger partial charge in [-0.3, -0.25) is 0 Å². The molecule has 1 aliphatic carbocycles. The van der Waals surface area contributed by atoms with Crippen molar-refractivity contribution < 1.29 is 0 Å². The minimum Gasteiger partial charge on any atom is -0.317 e. The Balaban J connectivity index is 1.64. The zero-order valence-electron chi connectivity index (χ0n) is 11.4. The lowest BCUT2D eigenvalue weighted by Gasteiger charge is -2.52. The van der Waals surface area contributed by atoms with Crippen LogP contribution >= 0.6 is 0 Å². The van der Waals surface area contributed by atoms with E-state index in [0.717, 1.165) is 17.3 Å². The molecule has 17 heavy (non-hydrogen) atoms. The van der Waals surface area contributed by atoms with E-state index in [0.29, 0.717) is 0 Å². The normalized spacial score (nSPS) is 38.6. The summed E-state index contributed by atoms with van der Waals surface area (Å²) >= 11 is 0. The van der Waals surface area contributed by atoms with Crippen molar-refractivity contribution in [2.45, 2.75) is 44.9 Å². The largest absolute Gasteiger partial charge is 0.317 e. The first-order valence-corrected chi connectivity index (χ1v) is 7.67. The lowest BCUT2D eigenvalue weighted by atomic mass is 9.60. The molecule has 0 aromatic carbocycles. The van der Waals surface area contributed by atoms with Crippen molar-refractivity contribution >= 4 is 0 Å². The van der Waals surface area contributed by atoms with E-state index in [2.05, 4.69) is 17.3 Å². The van der Waals surface area contributed by atoms with Gasteiger partial charge in [0.15, 0.2) is 0 Å². The van der Waals surface area contributed by atoms with Gasteiger partial charge >= 0.3 is 0 Å². The Labute approximate surface area is 106 Å². The SMILES string of the molecule is CN1CC(C2CCCNCC2)CC2(CCC2)C1. The summed E-state index contributed by atoms with van der Waals surface area (Å²) in [6, 6.07) is 0. The molecule has 0 bridgehead atoms. The molecule has 2 atom stereocenters. The molecule has 2 saturated heterocycles. The van der Waals surface area contributed by atoms with Crippen molar-refractivity contribution in [1.82, 2.24) is 10.2 Å². The molecular formula is C15H28N2. The van der Waals surface area contributed by atoms with Crippen molar-refractivity contribution in [2.75, 3.05) is 33.2 Å². The van der Waals surface area contributed by atoms with Gasteiger partial charge in [-0.1, -0.05) is 6.42 Å². The minimum atomic E-state index is 0.747. The monoisotopic (exact) mass is 236 g/mol. The van der Waals surface area contributed by atoms with E-state index >= 15 is 0 Å². The molecule has 3 fully saturated rings. The van der Waals surface area contributed by atoms with Gasteiger partial charge in [-0.15, -0.1) is 0 Å². The summed E-state index contributed by atoms with van der Waals surface area (Å²) in [6.07, 6.45) is 10.4. The first kappa shape index (κ1) is 12.0. The summed E-state index contributed by atoms with van der Waals surface area (Å²) in [7, 11) is 2.35. The van der Waals surface area contributed by atoms with Gasteiger partial charge in [0.1, 0.15) is 0 Å². The van der Waals surface area contributed by atoms with E-state index in [4.69, 9.17) is 0 Å². The molecule has 0 aromatic heterocycles. The van der Waals surface area contributed by atoms with Gasteiger partial charge in [0.2, 0.25) is 0 Å². The van der Waals surface area contributed by atoms with E-state index in [-0.39, 0.29) is 0 Å². The molecule has 0 radical (unpaired) electrons. The second-order valence-corrected chi connectivity index (χ2v) is 6.96. The number of hydrogen-bond donors (Lipinski definition) is 1. The molecule has 2 unspecified atom stereocenters. The Morgan fingerprint density at radius 3 is 2.71 bits per heavy atom. The molecule has 2 aliphatic heterocycles. The molecule has 1 saturated carbocycles. The summed E-state index contributed by atoms with van der Waals surface area (Å²) in [5.74, 6) is 2.00. The molecule has 3 aliphatic rings. The Hall–Kier alpha value is -0.0800. The highest BCUT2D eigenvalue weighted by atomic mass is 15.1. The summed E-state index contributed by atoms with van der Waals surface area (Å²) in [4.78, 5) is 2.63. The second kappa shape index (κ2) is 4.89. The molecule has 1 spiro atoms. The standard InChI is InChI=1S/C15H28N2/c1-17-11-14(10-15(12-17)6-3-7-15)13-4-2-8-16-9-5-13/h13-14,16H,2-12H2,1H3. The Morgan fingerprint density at radius 1 is 1.06 bits per heavy atom. The predicted octanol–water partition coefficient (Wildman–Crippen LogP) is 2.50. The smallest absolute Gasteiger partial charge is 0.00351 e. The molecule has 0 amide bonds. The fourth-order valence-corrected chi connectivity index (χ4v) is 4.59. The highest BCUT2D eigenvalue weighted by Crippen LogP contribution is 2.50. The van der Waals surface area contributed by atoms with Crippen LogP contribution in [0.15, 0.2) is 0 Å². The molecule has 0 aromatic rings. The Kier molecular flexibility index (Phi) is 3.45. The van der Waals surface area contributed by atoms with Gasteiger partial charge in [0.25, 0.3) is 0 Å². The summed E-state index contributed by atoms with van der Waals surface area (Å²) in [5, 5.41) is 3.56. The minimum absolute atomic E-state index is 0.747. The van der Waals surface area contributed by atoms with Crippen LogP contribution in [0, 0.1) is 17.3 Å². The number of nitrogens with one attached hydrogen (secondary N) is 1. The predicted molar refractivity (Wildman–Crippen MR) is 72.1 cm³/mol. The van der Waals surface area contributed by atoms with Crippen LogP contribution in [0.2, 0.25) is 0 Å². The molecule has 98 valence electrons. The van der Waals surface area contributed by atoms with Crippen LogP contribution in [-0.2, 0) is 0 Å². The van der Waals surface area contributed by atoms with Crippen molar-refractivity contribution in [1.29, 1.82) is 0 Å². The van der Waals surface area contributed by atoms with Gasteiger partial charge in [-0.05, 0) is 75.9 Å². The Bertz CT molecular complexity index is 252. The van der Waals surface area contributed by atoms with Crippen LogP contribution in [0.3, 0.4) is 0 Å². The average molecular weight is 236 g/mol. The van der Waals surface area contributed by atoms with Crippen molar-refractivity contribution in [3.05, 3.63) is 0 Å². The molecule has 2 heterocycles. The maximum absolute atomic E-state index is 3.56. The summed E-state index contributed by atoms with van der Waals surface area (Å²) in [5.41, 5.74) is 0.747. The third-order valence-corrected chi connectivity index (χ3v) is 5.55. The first-order valence-electron chi connectivity index (χ1n) is 7.67. The molecule has 2 nitrogen and oxygen atoms in total. The van der Waals surface area contributed by atoms with Crippen LogP contribution in [0.4, 0.5) is 0 Å². The fourth-order valence-electron chi connectivity index (χ4n) is 4.59. The fraction of sp³-hybridized carbons (Fsp3) is 1.00. The van der Waals surface area contributed by atoms with Crippen molar-refractivity contribution in [3.63, 3.8) is 0 Å². The zero-order chi connectivity index (χ0) is 11.7. The number of nitrogens with zero attached hydrogens (tertiary/aromatic N) is 1. The molecule has 2 heteroatoms. The van der Waals surface area contributed by atoms with E-state index in [9.17, 15) is 0 Å². The van der Waals surface area contributed by atoms with E-state index in [1.165, 1.54) is 64.7 Å². The van der Waals surface area contributed by atoms with Crippen LogP contribution in [0.25, 0.3) is 0 Å². The van der Waals surface area contributed by atoms with Gasteiger partial charge in [0, 0.05) is 13.1 Å². The number of piperidine rings is 1. The van der Waals surface area contributed by atoms with E-state index < -0.39 is 0 Å². The summed E-state index contributed by atoms with van der Waals surface area (Å²) < 4.78 is 0. The third-order valence-electron chi connectivity index (χ3n) is 5.55. The van der Waals surface area contributed by atoms with Gasteiger partial charge < -0.3 is 10.2 Å². The average Bonchev–Trinajstić information content (AvgIpc) is 2.54. The first-order chi connectivity index (χ1) is 8.27. The second-order valence-electron chi connectivity index (χ2n) is 6.96. The highest BCUT2D eigenvalue weighted by Gasteiger charge is 2.44. The number of rotatable bonds is 1. The van der Waals surface area contributed by atoms with Crippen LogP contribution < -0.4 is 5.32 Å². The Morgan fingerprint density at radius 2 is 1.94 bits per heavy atom. The number of hydrogen-bond acceptors (Lipinski definition) is 2. The van der Waals surface area contributed by atoms with Crippen LogP contribution in [0.5, 0.6) is 0 Å². The van der Waals surface area contributed by atoms with Crippen molar-refractivity contribution in [3.8, 4) is 0 Å². The molecule has 3 rings (SSSR count). The topological polar surface area (TPSA) is 15.3 Å². The lowest BCUT2D eigenvalue weighted by molar-refractivity contribution is -0.0175. The third kappa shape index (κ3) is 2.53. The number of likely N-dealkylation sites (tertiary alicyclic amines) is 1. The maximum atomic E-state index is 3.56. The van der Waals surface area contributed by atoms with Gasteiger partial charge in [-0.25, -0.2) is 0 Å².